The zero-order valence-electron chi connectivity index (χ0n) is 5.35. The molecule has 0 aliphatic rings. The monoisotopic (exact) mass is 275 g/mol. The molecule has 0 aliphatic heterocycles. The minimum Gasteiger partial charge on any atom is -0.263 e. The van der Waals surface area contributed by atoms with Gasteiger partial charge in [0, 0.05) is 18.0 Å². The Morgan fingerprint density at radius 2 is 2.09 bits per heavy atom. The fourth-order valence-electron chi connectivity index (χ4n) is 0.553. The average molecular weight is 277 g/mol. The van der Waals surface area contributed by atoms with Gasteiger partial charge in [0.05, 0.1) is 15.4 Å². The summed E-state index contributed by atoms with van der Waals surface area (Å²) in [5.74, 6) is 0.394. The highest BCUT2D eigenvalue weighted by Crippen LogP contribution is 2.25. The summed E-state index contributed by atoms with van der Waals surface area (Å²) >= 11 is 14.6. The predicted octanol–water partition coefficient (Wildman–Crippen LogP) is 3.66. The van der Waals surface area contributed by atoms with Crippen LogP contribution < -0.4 is 0 Å². The maximum Gasteiger partial charge on any atom is 0.0623 e. The normalized spacial score (nSPS) is 9.00. The maximum absolute atomic E-state index is 5.82. The average Bonchev–Trinajstić information content (AvgIpc) is 1.95. The summed E-state index contributed by atoms with van der Waals surface area (Å²) in [6.45, 7) is 0. The molecule has 0 unspecified atom stereocenters. The molecule has 0 saturated carbocycles. The second-order valence-corrected chi connectivity index (χ2v) is 3.23. The van der Waals surface area contributed by atoms with Crippen molar-refractivity contribution in [3.8, 4) is 0 Å². The second-order valence-electron chi connectivity index (χ2n) is 1.73. The molecule has 62 valence electrons. The van der Waals surface area contributed by atoms with Crippen molar-refractivity contribution in [2.24, 2.45) is 0 Å². The molecular formula is C6H5BrCl3N. The van der Waals surface area contributed by atoms with Crippen LogP contribution in [0.5, 0.6) is 0 Å². The zero-order valence-corrected chi connectivity index (χ0v) is 9.27. The topological polar surface area (TPSA) is 12.9 Å². The molecule has 1 heterocycles. The van der Waals surface area contributed by atoms with Gasteiger partial charge in [-0.15, -0.1) is 24.0 Å². The largest absolute Gasteiger partial charge is 0.263 e. The molecule has 11 heavy (non-hydrogen) atoms. The van der Waals surface area contributed by atoms with Crippen LogP contribution in [-0.4, -0.2) is 4.98 Å². The Bertz CT molecular complexity index is 241. The van der Waals surface area contributed by atoms with Crippen LogP contribution in [-0.2, 0) is 5.88 Å². The molecule has 0 amide bonds. The lowest BCUT2D eigenvalue weighted by Gasteiger charge is -1.98. The van der Waals surface area contributed by atoms with Gasteiger partial charge in [0.2, 0.25) is 0 Å². The standard InChI is InChI=1S/C6H4BrCl2N.ClH/c7-5-3-10-2-4(1-8)6(5)9;/h2-3H,1H2;1H. The fraction of sp³-hybridized carbons (Fsp3) is 0.167. The number of alkyl halides is 1. The summed E-state index contributed by atoms with van der Waals surface area (Å²) in [5.41, 5.74) is 0.845. The second kappa shape index (κ2) is 5.20. The molecule has 1 rings (SSSR count). The van der Waals surface area contributed by atoms with Gasteiger partial charge in [0.25, 0.3) is 0 Å². The van der Waals surface area contributed by atoms with Crippen molar-refractivity contribution < 1.29 is 0 Å². The Hall–Kier alpha value is 0.500. The number of hydrogen-bond acceptors (Lipinski definition) is 1. The van der Waals surface area contributed by atoms with Crippen LogP contribution in [0.4, 0.5) is 0 Å². The molecule has 5 heteroatoms. The van der Waals surface area contributed by atoms with Gasteiger partial charge < -0.3 is 0 Å². The predicted molar refractivity (Wildman–Crippen MR) is 53.8 cm³/mol. The third-order valence-corrected chi connectivity index (χ3v) is 2.62. The molecule has 0 aliphatic carbocycles. The first-order valence-electron chi connectivity index (χ1n) is 2.59. The lowest BCUT2D eigenvalue weighted by atomic mass is 10.3. The fourth-order valence-corrected chi connectivity index (χ4v) is 1.36. The van der Waals surface area contributed by atoms with Crippen molar-refractivity contribution in [1.82, 2.24) is 4.98 Å². The first-order valence-corrected chi connectivity index (χ1v) is 4.30. The van der Waals surface area contributed by atoms with Crippen molar-refractivity contribution in [3.05, 3.63) is 27.5 Å². The Balaban J connectivity index is 0.000001000. The lowest BCUT2D eigenvalue weighted by molar-refractivity contribution is 1.23. The van der Waals surface area contributed by atoms with E-state index in [9.17, 15) is 0 Å². The van der Waals surface area contributed by atoms with E-state index >= 15 is 0 Å². The highest BCUT2D eigenvalue weighted by molar-refractivity contribution is 9.10. The maximum atomic E-state index is 5.82. The van der Waals surface area contributed by atoms with E-state index in [1.807, 2.05) is 0 Å². The quantitative estimate of drug-likeness (QED) is 0.714. The highest BCUT2D eigenvalue weighted by atomic mass is 79.9. The molecule has 0 aromatic carbocycles. The number of nitrogens with zero attached hydrogens (tertiary/aromatic N) is 1. The molecule has 1 aromatic rings. The minimum absolute atomic E-state index is 0. The molecule has 0 N–H and O–H groups in total. The number of pyridine rings is 1. The summed E-state index contributed by atoms with van der Waals surface area (Å²) < 4.78 is 0.785. The molecule has 0 radical (unpaired) electrons. The number of hydrogen-bond donors (Lipinski definition) is 0. The van der Waals surface area contributed by atoms with E-state index in [2.05, 4.69) is 20.9 Å². The van der Waals surface area contributed by atoms with Crippen molar-refractivity contribution in [3.63, 3.8) is 0 Å². The van der Waals surface area contributed by atoms with Crippen LogP contribution in [0.15, 0.2) is 16.9 Å². The Morgan fingerprint density at radius 1 is 1.45 bits per heavy atom. The summed E-state index contributed by atoms with van der Waals surface area (Å²) in [4.78, 5) is 3.90. The van der Waals surface area contributed by atoms with Crippen molar-refractivity contribution in [2.45, 2.75) is 5.88 Å². The van der Waals surface area contributed by atoms with E-state index in [0.717, 1.165) is 10.0 Å². The first kappa shape index (κ1) is 11.5. The van der Waals surface area contributed by atoms with Crippen LogP contribution in [0.3, 0.4) is 0 Å². The van der Waals surface area contributed by atoms with Crippen molar-refractivity contribution in [2.75, 3.05) is 0 Å². The van der Waals surface area contributed by atoms with Crippen LogP contribution in [0.25, 0.3) is 0 Å². The van der Waals surface area contributed by atoms with E-state index < -0.39 is 0 Å². The van der Waals surface area contributed by atoms with Crippen LogP contribution in [0, 0.1) is 0 Å². The smallest absolute Gasteiger partial charge is 0.0623 e. The Morgan fingerprint density at radius 3 is 2.55 bits per heavy atom. The third-order valence-electron chi connectivity index (χ3n) is 1.05. The molecule has 0 atom stereocenters. The highest BCUT2D eigenvalue weighted by Gasteiger charge is 2.01. The van der Waals surface area contributed by atoms with E-state index in [-0.39, 0.29) is 12.4 Å². The molecule has 0 spiro atoms. The number of halogens is 4. The van der Waals surface area contributed by atoms with E-state index in [1.54, 1.807) is 12.4 Å². The molecule has 1 nitrogen and oxygen atoms in total. The lowest BCUT2D eigenvalue weighted by Crippen LogP contribution is -1.83. The van der Waals surface area contributed by atoms with Crippen molar-refractivity contribution >= 4 is 51.5 Å². The minimum atomic E-state index is 0. The van der Waals surface area contributed by atoms with Crippen LogP contribution in [0.1, 0.15) is 5.56 Å². The van der Waals surface area contributed by atoms with E-state index in [1.165, 1.54) is 0 Å². The SMILES string of the molecule is Cl.ClCc1cncc(Br)c1Cl. The Kier molecular flexibility index (Phi) is 5.44. The van der Waals surface area contributed by atoms with Gasteiger partial charge in [-0.05, 0) is 15.9 Å². The first-order chi connectivity index (χ1) is 4.75. The van der Waals surface area contributed by atoms with Gasteiger partial charge in [0.1, 0.15) is 0 Å². The van der Waals surface area contributed by atoms with Gasteiger partial charge in [-0.2, -0.15) is 0 Å². The third kappa shape index (κ3) is 2.79. The summed E-state index contributed by atoms with van der Waals surface area (Å²) in [5, 5.41) is 0.644. The van der Waals surface area contributed by atoms with Crippen LogP contribution >= 0.6 is 51.5 Å². The van der Waals surface area contributed by atoms with Crippen molar-refractivity contribution in [1.29, 1.82) is 0 Å². The van der Waals surface area contributed by atoms with Gasteiger partial charge in [-0.3, -0.25) is 4.98 Å². The van der Waals surface area contributed by atoms with E-state index in [0.29, 0.717) is 10.9 Å². The van der Waals surface area contributed by atoms with Gasteiger partial charge in [0.15, 0.2) is 0 Å². The molecule has 0 fully saturated rings. The summed E-state index contributed by atoms with van der Waals surface area (Å²) in [7, 11) is 0. The molecule has 0 saturated heterocycles. The Labute approximate surface area is 89.6 Å². The molecule has 0 bridgehead atoms. The van der Waals surface area contributed by atoms with Gasteiger partial charge in [-0.1, -0.05) is 11.6 Å². The van der Waals surface area contributed by atoms with Gasteiger partial charge in [-0.25, -0.2) is 0 Å². The van der Waals surface area contributed by atoms with Gasteiger partial charge >= 0.3 is 0 Å². The number of rotatable bonds is 1. The number of aromatic nitrogens is 1. The summed E-state index contributed by atoms with van der Waals surface area (Å²) in [6, 6.07) is 0. The zero-order chi connectivity index (χ0) is 7.56. The van der Waals surface area contributed by atoms with E-state index in [4.69, 9.17) is 23.2 Å². The van der Waals surface area contributed by atoms with Crippen LogP contribution in [0.2, 0.25) is 5.02 Å². The molecular weight excluding hydrogens is 272 g/mol. The molecule has 1 aromatic heterocycles. The summed E-state index contributed by atoms with van der Waals surface area (Å²) in [6.07, 6.45) is 3.29.